The number of hydrogen-bond acceptors (Lipinski definition) is 4. The summed E-state index contributed by atoms with van der Waals surface area (Å²) in [6.07, 6.45) is 0. The lowest BCUT2D eigenvalue weighted by molar-refractivity contribution is 0.102. The highest BCUT2D eigenvalue weighted by Gasteiger charge is 2.12. The fourth-order valence-electron chi connectivity index (χ4n) is 2.06. The van der Waals surface area contributed by atoms with E-state index in [4.69, 9.17) is 4.52 Å². The van der Waals surface area contributed by atoms with Crippen molar-refractivity contribution in [2.75, 3.05) is 5.32 Å². The van der Waals surface area contributed by atoms with E-state index < -0.39 is 0 Å². The minimum atomic E-state index is -0.231. The molecule has 3 aromatic rings. The van der Waals surface area contributed by atoms with Crippen LogP contribution in [-0.4, -0.2) is 21.0 Å². The van der Waals surface area contributed by atoms with Crippen molar-refractivity contribution in [3.05, 3.63) is 41.4 Å². The number of hydrogen-bond donors (Lipinski definition) is 2. The number of anilines is 1. The number of nitrogens with one attached hydrogen (secondary N) is 2. The maximum absolute atomic E-state index is 12.2. The third-order valence-corrected chi connectivity index (χ3v) is 3.18. The maximum Gasteiger partial charge on any atom is 0.256 e. The average molecular weight is 284 g/mol. The summed E-state index contributed by atoms with van der Waals surface area (Å²) in [5.41, 5.74) is 2.25. The van der Waals surface area contributed by atoms with Crippen LogP contribution in [0.2, 0.25) is 0 Å². The summed E-state index contributed by atoms with van der Waals surface area (Å²) >= 11 is 0. The number of aromatic amines is 1. The van der Waals surface area contributed by atoms with Gasteiger partial charge in [0.05, 0.1) is 11.0 Å². The molecule has 2 aromatic heterocycles. The van der Waals surface area contributed by atoms with E-state index in [-0.39, 0.29) is 5.91 Å². The molecule has 0 aliphatic carbocycles. The Morgan fingerprint density at radius 2 is 2.14 bits per heavy atom. The van der Waals surface area contributed by atoms with Gasteiger partial charge in [-0.05, 0) is 25.1 Å². The van der Waals surface area contributed by atoms with Gasteiger partial charge in [-0.2, -0.15) is 0 Å². The Labute approximate surface area is 121 Å². The molecule has 0 saturated heterocycles. The highest BCUT2D eigenvalue weighted by Crippen LogP contribution is 2.19. The van der Waals surface area contributed by atoms with Crippen LogP contribution in [0.15, 0.2) is 28.8 Å². The fraction of sp³-hybridized carbons (Fsp3) is 0.267. The molecule has 2 N–H and O–H groups in total. The Bertz CT molecular complexity index is 801. The molecule has 3 rings (SSSR count). The zero-order valence-electron chi connectivity index (χ0n) is 12.1. The summed E-state index contributed by atoms with van der Waals surface area (Å²) in [5, 5.41) is 6.44. The van der Waals surface area contributed by atoms with E-state index in [9.17, 15) is 4.79 Å². The third kappa shape index (κ3) is 2.65. The van der Waals surface area contributed by atoms with E-state index in [2.05, 4.69) is 34.3 Å². The highest BCUT2D eigenvalue weighted by atomic mass is 16.5. The molecule has 0 fully saturated rings. The molecule has 1 amide bonds. The van der Waals surface area contributed by atoms with Crippen molar-refractivity contribution < 1.29 is 9.32 Å². The summed E-state index contributed by atoms with van der Waals surface area (Å²) in [5.74, 6) is 2.05. The largest absolute Gasteiger partial charge is 0.360 e. The summed E-state index contributed by atoms with van der Waals surface area (Å²) in [6, 6.07) is 7.04. The molecule has 108 valence electrons. The molecule has 0 saturated carbocycles. The number of carbonyl (C=O) groups excluding carboxylic acids is 1. The van der Waals surface area contributed by atoms with Crippen molar-refractivity contribution in [1.82, 2.24) is 15.1 Å². The van der Waals surface area contributed by atoms with Crippen LogP contribution in [0.3, 0.4) is 0 Å². The number of fused-ring (bicyclic) bond motifs is 1. The number of carbonyl (C=O) groups is 1. The zero-order valence-corrected chi connectivity index (χ0v) is 12.1. The van der Waals surface area contributed by atoms with Gasteiger partial charge in [-0.3, -0.25) is 4.79 Å². The Hall–Kier alpha value is -2.63. The third-order valence-electron chi connectivity index (χ3n) is 3.18. The average Bonchev–Trinajstić information content (AvgIpc) is 3.03. The molecular weight excluding hydrogens is 268 g/mol. The van der Waals surface area contributed by atoms with Crippen LogP contribution < -0.4 is 5.32 Å². The van der Waals surface area contributed by atoms with E-state index in [0.29, 0.717) is 23.1 Å². The second kappa shape index (κ2) is 5.05. The normalized spacial score (nSPS) is 11.2. The van der Waals surface area contributed by atoms with E-state index in [1.54, 1.807) is 25.1 Å². The van der Waals surface area contributed by atoms with Crippen LogP contribution in [0.25, 0.3) is 11.0 Å². The lowest BCUT2D eigenvalue weighted by Crippen LogP contribution is -2.11. The summed E-state index contributed by atoms with van der Waals surface area (Å²) in [6.45, 7) is 5.91. The Morgan fingerprint density at radius 3 is 2.81 bits per heavy atom. The smallest absolute Gasteiger partial charge is 0.256 e. The van der Waals surface area contributed by atoms with Crippen LogP contribution in [0, 0.1) is 6.92 Å². The Kier molecular flexibility index (Phi) is 3.21. The van der Waals surface area contributed by atoms with Crippen molar-refractivity contribution in [2.45, 2.75) is 26.7 Å². The Morgan fingerprint density at radius 1 is 1.33 bits per heavy atom. The number of imidazole rings is 1. The van der Waals surface area contributed by atoms with Gasteiger partial charge in [0, 0.05) is 17.5 Å². The van der Waals surface area contributed by atoms with Crippen molar-refractivity contribution in [3.8, 4) is 0 Å². The molecule has 21 heavy (non-hydrogen) atoms. The first kappa shape index (κ1) is 13.4. The van der Waals surface area contributed by atoms with Gasteiger partial charge in [-0.15, -0.1) is 0 Å². The van der Waals surface area contributed by atoms with E-state index in [1.807, 2.05) is 6.07 Å². The van der Waals surface area contributed by atoms with Gasteiger partial charge in [-0.25, -0.2) is 4.98 Å². The number of amides is 1. The number of rotatable bonds is 3. The summed E-state index contributed by atoms with van der Waals surface area (Å²) in [7, 11) is 0. The van der Waals surface area contributed by atoms with Crippen LogP contribution in [0.1, 0.15) is 41.7 Å². The lowest BCUT2D eigenvalue weighted by Gasteiger charge is -2.01. The molecule has 6 nitrogen and oxygen atoms in total. The number of H-pyrrole nitrogens is 1. The molecule has 6 heteroatoms. The van der Waals surface area contributed by atoms with Gasteiger partial charge in [0.1, 0.15) is 11.6 Å². The van der Waals surface area contributed by atoms with Gasteiger partial charge in [0.15, 0.2) is 5.82 Å². The predicted octanol–water partition coefficient (Wildman–Crippen LogP) is 3.24. The quantitative estimate of drug-likeness (QED) is 0.773. The number of aromatic nitrogens is 3. The van der Waals surface area contributed by atoms with E-state index in [1.165, 1.54) is 0 Å². The minimum absolute atomic E-state index is 0.231. The topological polar surface area (TPSA) is 83.8 Å². The molecule has 0 atom stereocenters. The van der Waals surface area contributed by atoms with Crippen molar-refractivity contribution in [2.24, 2.45) is 0 Å². The van der Waals surface area contributed by atoms with Gasteiger partial charge in [-0.1, -0.05) is 19.0 Å². The predicted molar refractivity (Wildman–Crippen MR) is 79.4 cm³/mol. The molecular formula is C15H16N4O2. The summed E-state index contributed by atoms with van der Waals surface area (Å²) < 4.78 is 4.92. The monoisotopic (exact) mass is 284 g/mol. The van der Waals surface area contributed by atoms with Crippen molar-refractivity contribution >= 4 is 22.8 Å². The second-order valence-electron chi connectivity index (χ2n) is 5.29. The van der Waals surface area contributed by atoms with Gasteiger partial charge in [0.2, 0.25) is 0 Å². The molecule has 0 bridgehead atoms. The molecule has 2 heterocycles. The first-order chi connectivity index (χ1) is 10.0. The Balaban J connectivity index is 1.87. The van der Waals surface area contributed by atoms with Gasteiger partial charge < -0.3 is 14.8 Å². The number of benzene rings is 1. The molecule has 0 aliphatic heterocycles. The lowest BCUT2D eigenvalue weighted by atomic mass is 10.2. The SMILES string of the molecule is Cc1cc(NC(=O)c2ccc3nc(C(C)C)[nH]c3c2)no1. The standard InChI is InChI=1S/C15H16N4O2/c1-8(2)14-16-11-5-4-10(7-12(11)17-14)15(20)18-13-6-9(3)21-19-13/h4-8H,1-3H3,(H,16,17)(H,18,19,20). The van der Waals surface area contributed by atoms with Crippen molar-refractivity contribution in [3.63, 3.8) is 0 Å². The highest BCUT2D eigenvalue weighted by molar-refractivity contribution is 6.05. The van der Waals surface area contributed by atoms with Crippen molar-refractivity contribution in [1.29, 1.82) is 0 Å². The van der Waals surface area contributed by atoms with Crippen LogP contribution in [0.4, 0.5) is 5.82 Å². The molecule has 0 unspecified atom stereocenters. The minimum Gasteiger partial charge on any atom is -0.360 e. The van der Waals surface area contributed by atoms with Gasteiger partial charge in [0.25, 0.3) is 5.91 Å². The maximum atomic E-state index is 12.2. The molecule has 1 aromatic carbocycles. The van der Waals surface area contributed by atoms with Gasteiger partial charge >= 0.3 is 0 Å². The fourth-order valence-corrected chi connectivity index (χ4v) is 2.06. The van der Waals surface area contributed by atoms with Crippen LogP contribution >= 0.6 is 0 Å². The van der Waals surface area contributed by atoms with Crippen LogP contribution in [0.5, 0.6) is 0 Å². The number of nitrogens with zero attached hydrogens (tertiary/aromatic N) is 2. The zero-order chi connectivity index (χ0) is 15.0. The first-order valence-electron chi connectivity index (χ1n) is 6.77. The molecule has 0 spiro atoms. The summed E-state index contributed by atoms with van der Waals surface area (Å²) in [4.78, 5) is 19.9. The molecule has 0 radical (unpaired) electrons. The van der Waals surface area contributed by atoms with Crippen LogP contribution in [-0.2, 0) is 0 Å². The van der Waals surface area contributed by atoms with E-state index >= 15 is 0 Å². The molecule has 0 aliphatic rings. The number of aryl methyl sites for hydroxylation is 1. The second-order valence-corrected chi connectivity index (χ2v) is 5.29. The van der Waals surface area contributed by atoms with E-state index in [0.717, 1.165) is 16.9 Å². The first-order valence-corrected chi connectivity index (χ1v) is 6.77.